The Morgan fingerprint density at radius 1 is 1.19 bits per heavy atom. The number of nitrogens with one attached hydrogen (secondary N) is 2. The van der Waals surface area contributed by atoms with Crippen molar-refractivity contribution in [3.63, 3.8) is 0 Å². The van der Waals surface area contributed by atoms with Crippen LogP contribution >= 0.6 is 23.4 Å². The predicted molar refractivity (Wildman–Crippen MR) is 122 cm³/mol. The van der Waals surface area contributed by atoms with E-state index in [0.29, 0.717) is 21.4 Å². The molecule has 0 spiro atoms. The van der Waals surface area contributed by atoms with Gasteiger partial charge in [-0.25, -0.2) is 4.79 Å². The van der Waals surface area contributed by atoms with Crippen molar-refractivity contribution < 1.29 is 19.1 Å². The highest BCUT2D eigenvalue weighted by molar-refractivity contribution is 8.15. The highest BCUT2D eigenvalue weighted by Crippen LogP contribution is 2.23. The molecule has 10 heteroatoms. The Morgan fingerprint density at radius 3 is 2.58 bits per heavy atom. The van der Waals surface area contributed by atoms with Crippen molar-refractivity contribution in [2.24, 2.45) is 10.2 Å². The smallest absolute Gasteiger partial charge is 0.338 e. The van der Waals surface area contributed by atoms with Crippen LogP contribution in [0.1, 0.15) is 29.3 Å². The van der Waals surface area contributed by atoms with E-state index in [-0.39, 0.29) is 24.8 Å². The van der Waals surface area contributed by atoms with Gasteiger partial charge in [0, 0.05) is 17.1 Å². The summed E-state index contributed by atoms with van der Waals surface area (Å²) in [4.78, 5) is 36.1. The molecule has 160 valence electrons. The van der Waals surface area contributed by atoms with Crippen LogP contribution in [-0.2, 0) is 14.3 Å². The van der Waals surface area contributed by atoms with E-state index in [0.717, 1.165) is 17.3 Å². The second-order valence-electron chi connectivity index (χ2n) is 6.35. The maximum absolute atomic E-state index is 12.3. The van der Waals surface area contributed by atoms with Gasteiger partial charge in [-0.05, 0) is 48.9 Å². The fourth-order valence-electron chi connectivity index (χ4n) is 2.57. The topological polar surface area (TPSA) is 109 Å². The molecule has 0 bridgehead atoms. The molecule has 0 aliphatic carbocycles. The molecule has 1 aliphatic rings. The van der Waals surface area contributed by atoms with Gasteiger partial charge in [0.2, 0.25) is 11.8 Å². The number of ether oxygens (including phenoxy) is 1. The highest BCUT2D eigenvalue weighted by Gasteiger charge is 2.32. The Kier molecular flexibility index (Phi) is 7.80. The van der Waals surface area contributed by atoms with Gasteiger partial charge in [0.05, 0.1) is 18.4 Å². The first-order valence-electron chi connectivity index (χ1n) is 9.35. The van der Waals surface area contributed by atoms with E-state index in [1.54, 1.807) is 55.5 Å². The van der Waals surface area contributed by atoms with Crippen LogP contribution in [0.3, 0.4) is 0 Å². The average molecular weight is 459 g/mol. The molecule has 1 saturated heterocycles. The number of hydrogen-bond acceptors (Lipinski definition) is 7. The van der Waals surface area contributed by atoms with Crippen molar-refractivity contribution in [3.05, 3.63) is 64.7 Å². The summed E-state index contributed by atoms with van der Waals surface area (Å²) >= 11 is 6.97. The molecule has 31 heavy (non-hydrogen) atoms. The molecule has 8 nitrogen and oxygen atoms in total. The van der Waals surface area contributed by atoms with Gasteiger partial charge in [0.1, 0.15) is 5.25 Å². The van der Waals surface area contributed by atoms with E-state index in [9.17, 15) is 14.4 Å². The summed E-state index contributed by atoms with van der Waals surface area (Å²) < 4.78 is 4.92. The first-order chi connectivity index (χ1) is 14.9. The number of anilines is 1. The average Bonchev–Trinajstić information content (AvgIpc) is 3.09. The Morgan fingerprint density at radius 2 is 1.90 bits per heavy atom. The van der Waals surface area contributed by atoms with Crippen LogP contribution in [0, 0.1) is 0 Å². The van der Waals surface area contributed by atoms with Crippen molar-refractivity contribution >= 4 is 58.2 Å². The molecule has 1 aliphatic heterocycles. The largest absolute Gasteiger partial charge is 0.462 e. The molecule has 2 aromatic carbocycles. The standard InChI is InChI=1S/C21H19ClN4O4S/c1-2-30-20(29)14-5-9-16(10-6-14)24-18(27)11-17-19(28)25-21(31-17)26-23-12-13-3-7-15(22)8-4-13/h3-10,12,17H,2,11H2,1H3,(H,24,27)(H,25,26,28). The second-order valence-corrected chi connectivity index (χ2v) is 7.98. The number of amides is 2. The first-order valence-corrected chi connectivity index (χ1v) is 10.6. The molecule has 2 amide bonds. The summed E-state index contributed by atoms with van der Waals surface area (Å²) in [5.74, 6) is -1.06. The maximum atomic E-state index is 12.3. The number of rotatable bonds is 7. The lowest BCUT2D eigenvalue weighted by Crippen LogP contribution is -2.28. The predicted octanol–water partition coefficient (Wildman–Crippen LogP) is 3.47. The second kappa shape index (κ2) is 10.7. The number of nitrogens with zero attached hydrogens (tertiary/aromatic N) is 2. The summed E-state index contributed by atoms with van der Waals surface area (Å²) in [6, 6.07) is 13.4. The van der Waals surface area contributed by atoms with Gasteiger partial charge < -0.3 is 15.4 Å². The lowest BCUT2D eigenvalue weighted by Gasteiger charge is -2.08. The molecule has 2 aromatic rings. The van der Waals surface area contributed by atoms with Crippen molar-refractivity contribution in [2.45, 2.75) is 18.6 Å². The summed E-state index contributed by atoms with van der Waals surface area (Å²) in [5, 5.41) is 13.6. The van der Waals surface area contributed by atoms with Crippen LogP contribution in [0.2, 0.25) is 5.02 Å². The van der Waals surface area contributed by atoms with E-state index in [1.165, 1.54) is 6.21 Å². The number of amidine groups is 1. The molecular weight excluding hydrogens is 440 g/mol. The molecule has 0 aromatic heterocycles. The minimum Gasteiger partial charge on any atom is -0.462 e. The lowest BCUT2D eigenvalue weighted by atomic mass is 10.2. The number of hydrogen-bond donors (Lipinski definition) is 2. The third kappa shape index (κ3) is 6.66. The zero-order valence-electron chi connectivity index (χ0n) is 16.5. The minimum absolute atomic E-state index is 0.0317. The highest BCUT2D eigenvalue weighted by atomic mass is 35.5. The van der Waals surface area contributed by atoms with Gasteiger partial charge >= 0.3 is 5.97 Å². The number of thioether (sulfide) groups is 1. The molecule has 1 heterocycles. The zero-order chi connectivity index (χ0) is 22.2. The fourth-order valence-corrected chi connectivity index (χ4v) is 3.62. The number of carbonyl (C=O) groups excluding carboxylic acids is 3. The Hall–Kier alpha value is -3.17. The molecular formula is C21H19ClN4O4S. The summed E-state index contributed by atoms with van der Waals surface area (Å²) in [7, 11) is 0. The van der Waals surface area contributed by atoms with E-state index in [4.69, 9.17) is 16.3 Å². The van der Waals surface area contributed by atoms with Gasteiger partial charge in [-0.2, -0.15) is 5.10 Å². The molecule has 1 fully saturated rings. The van der Waals surface area contributed by atoms with Crippen LogP contribution in [0.15, 0.2) is 58.7 Å². The molecule has 2 N–H and O–H groups in total. The Bertz CT molecular complexity index is 1020. The van der Waals surface area contributed by atoms with E-state index in [2.05, 4.69) is 20.8 Å². The monoisotopic (exact) mass is 458 g/mol. The maximum Gasteiger partial charge on any atom is 0.338 e. The lowest BCUT2D eigenvalue weighted by molar-refractivity contribution is -0.122. The van der Waals surface area contributed by atoms with Gasteiger partial charge in [-0.15, -0.1) is 5.10 Å². The fraction of sp³-hybridized carbons (Fsp3) is 0.190. The quantitative estimate of drug-likeness (QED) is 0.375. The normalized spacial score (nSPS) is 17.0. The molecule has 0 saturated carbocycles. The summed E-state index contributed by atoms with van der Waals surface area (Å²) in [6.07, 6.45) is 1.51. The van der Waals surface area contributed by atoms with Crippen LogP contribution in [0.4, 0.5) is 5.69 Å². The Balaban J connectivity index is 1.51. The molecule has 1 unspecified atom stereocenters. The van der Waals surface area contributed by atoms with Gasteiger partial charge in [-0.1, -0.05) is 35.5 Å². The first kappa shape index (κ1) is 22.5. The van der Waals surface area contributed by atoms with Crippen LogP contribution in [0.25, 0.3) is 0 Å². The van der Waals surface area contributed by atoms with E-state index >= 15 is 0 Å². The van der Waals surface area contributed by atoms with Crippen molar-refractivity contribution in [2.75, 3.05) is 11.9 Å². The number of carbonyl (C=O) groups is 3. The Labute approximate surface area is 188 Å². The number of halogens is 1. The van der Waals surface area contributed by atoms with Crippen molar-refractivity contribution in [3.8, 4) is 0 Å². The van der Waals surface area contributed by atoms with Gasteiger partial charge in [-0.3, -0.25) is 9.59 Å². The molecule has 0 radical (unpaired) electrons. The van der Waals surface area contributed by atoms with Crippen molar-refractivity contribution in [1.29, 1.82) is 0 Å². The zero-order valence-corrected chi connectivity index (χ0v) is 18.1. The molecule has 3 rings (SSSR count). The number of benzene rings is 2. The van der Waals surface area contributed by atoms with Gasteiger partial charge in [0.25, 0.3) is 0 Å². The SMILES string of the molecule is CCOC(=O)c1ccc(NC(=O)CC2S/C(=N/N=Cc3ccc(Cl)cc3)NC2=O)cc1. The summed E-state index contributed by atoms with van der Waals surface area (Å²) in [5.41, 5.74) is 1.72. The van der Waals surface area contributed by atoms with E-state index < -0.39 is 11.2 Å². The summed E-state index contributed by atoms with van der Waals surface area (Å²) in [6.45, 7) is 2.02. The minimum atomic E-state index is -0.608. The third-order valence-electron chi connectivity index (χ3n) is 4.05. The van der Waals surface area contributed by atoms with Crippen LogP contribution < -0.4 is 10.6 Å². The third-order valence-corrected chi connectivity index (χ3v) is 5.38. The van der Waals surface area contributed by atoms with Gasteiger partial charge in [0.15, 0.2) is 5.17 Å². The number of esters is 1. The van der Waals surface area contributed by atoms with Crippen molar-refractivity contribution in [1.82, 2.24) is 5.32 Å². The van der Waals surface area contributed by atoms with E-state index in [1.807, 2.05) is 0 Å². The molecule has 1 atom stereocenters. The van der Waals surface area contributed by atoms with Crippen LogP contribution in [0.5, 0.6) is 0 Å². The van der Waals surface area contributed by atoms with Crippen LogP contribution in [-0.4, -0.2) is 41.0 Å².